The van der Waals surface area contributed by atoms with Crippen LogP contribution in [0.4, 0.5) is 5.69 Å². The van der Waals surface area contributed by atoms with E-state index in [1.54, 1.807) is 19.1 Å². The molecule has 1 aromatic rings. The molecule has 0 saturated carbocycles. The Morgan fingerprint density at radius 3 is 2.56 bits per heavy atom. The van der Waals surface area contributed by atoms with Crippen LogP contribution in [-0.4, -0.2) is 13.3 Å². The highest BCUT2D eigenvalue weighted by atomic mass is 32.2. The van der Waals surface area contributed by atoms with Crippen LogP contribution in [0.25, 0.3) is 6.08 Å². The highest BCUT2D eigenvalue weighted by Gasteiger charge is 2.09. The van der Waals surface area contributed by atoms with Crippen molar-refractivity contribution in [1.82, 2.24) is 0 Å². The molecule has 0 aliphatic carbocycles. The molecule has 0 amide bonds. The van der Waals surface area contributed by atoms with E-state index in [-0.39, 0.29) is 5.69 Å². The Labute approximate surface area is 92.6 Å². The number of rotatable bonds is 3. The van der Waals surface area contributed by atoms with E-state index in [2.05, 4.69) is 0 Å². The van der Waals surface area contributed by atoms with Gasteiger partial charge in [0.1, 0.15) is 0 Å². The Morgan fingerprint density at radius 1 is 1.44 bits per heavy atom. The molecule has 1 rings (SSSR count). The lowest BCUT2D eigenvalue weighted by molar-refractivity contribution is -0.385. The summed E-state index contributed by atoms with van der Waals surface area (Å²) in [6, 6.07) is 4.40. The van der Waals surface area contributed by atoms with Gasteiger partial charge in [0.2, 0.25) is 10.0 Å². The maximum atomic E-state index is 10.6. The van der Waals surface area contributed by atoms with E-state index in [1.807, 2.05) is 0 Å². The molecule has 16 heavy (non-hydrogen) atoms. The Morgan fingerprint density at radius 2 is 2.06 bits per heavy atom. The number of nitrogens with two attached hydrogens (primary N) is 1. The fraction of sp³-hybridized carbons (Fsp3) is 0.111. The number of nitro benzene ring substituents is 1. The largest absolute Gasteiger partial charge is 0.272 e. The summed E-state index contributed by atoms with van der Waals surface area (Å²) >= 11 is 0. The van der Waals surface area contributed by atoms with Gasteiger partial charge in [0.25, 0.3) is 5.69 Å². The molecule has 0 spiro atoms. The molecule has 0 heterocycles. The van der Waals surface area contributed by atoms with Crippen LogP contribution in [-0.2, 0) is 10.0 Å². The molecule has 0 aliphatic heterocycles. The van der Waals surface area contributed by atoms with Crippen molar-refractivity contribution in [3.8, 4) is 0 Å². The summed E-state index contributed by atoms with van der Waals surface area (Å²) in [5, 5.41) is 16.2. The Kier molecular flexibility index (Phi) is 3.41. The minimum absolute atomic E-state index is 0.0587. The second-order valence-electron chi connectivity index (χ2n) is 3.19. The summed E-state index contributed by atoms with van der Waals surface area (Å²) in [5.41, 5.74) is 0.862. The summed E-state index contributed by atoms with van der Waals surface area (Å²) in [6.45, 7) is 1.60. The molecule has 0 bridgehead atoms. The fourth-order valence-electron chi connectivity index (χ4n) is 1.10. The number of benzene rings is 1. The molecule has 0 atom stereocenters. The van der Waals surface area contributed by atoms with E-state index in [4.69, 9.17) is 5.14 Å². The lowest BCUT2D eigenvalue weighted by Gasteiger charge is -1.98. The lowest BCUT2D eigenvalue weighted by Crippen LogP contribution is -2.06. The second-order valence-corrected chi connectivity index (χ2v) is 4.65. The van der Waals surface area contributed by atoms with Crippen LogP contribution in [0, 0.1) is 17.0 Å². The third-order valence-corrected chi connectivity index (χ3v) is 2.40. The first-order chi connectivity index (χ1) is 7.29. The minimum atomic E-state index is -3.72. The van der Waals surface area contributed by atoms with Gasteiger partial charge in [-0.1, -0.05) is 12.1 Å². The maximum absolute atomic E-state index is 10.6. The highest BCUT2D eigenvalue weighted by Crippen LogP contribution is 2.19. The topological polar surface area (TPSA) is 103 Å². The highest BCUT2D eigenvalue weighted by molar-refractivity contribution is 7.92. The van der Waals surface area contributed by atoms with Gasteiger partial charge >= 0.3 is 0 Å². The van der Waals surface area contributed by atoms with Gasteiger partial charge < -0.3 is 0 Å². The second kappa shape index (κ2) is 4.42. The van der Waals surface area contributed by atoms with Gasteiger partial charge in [0.15, 0.2) is 0 Å². The predicted molar refractivity (Wildman–Crippen MR) is 60.0 cm³/mol. The minimum Gasteiger partial charge on any atom is -0.258 e. The number of aryl methyl sites for hydroxylation is 1. The van der Waals surface area contributed by atoms with E-state index in [1.165, 1.54) is 12.1 Å². The van der Waals surface area contributed by atoms with E-state index < -0.39 is 14.9 Å². The predicted octanol–water partition coefficient (Wildman–Crippen LogP) is 1.16. The third-order valence-electron chi connectivity index (χ3n) is 1.88. The molecule has 0 radical (unpaired) electrons. The van der Waals surface area contributed by atoms with Crippen molar-refractivity contribution in [2.45, 2.75) is 6.92 Å². The van der Waals surface area contributed by atoms with E-state index in [0.29, 0.717) is 11.1 Å². The van der Waals surface area contributed by atoms with Crippen molar-refractivity contribution in [1.29, 1.82) is 0 Å². The van der Waals surface area contributed by atoms with Crippen LogP contribution in [0.3, 0.4) is 0 Å². The Bertz CT molecular complexity index is 549. The number of nitro groups is 1. The van der Waals surface area contributed by atoms with Crippen molar-refractivity contribution in [2.75, 3.05) is 0 Å². The van der Waals surface area contributed by atoms with Crippen LogP contribution in [0.5, 0.6) is 0 Å². The van der Waals surface area contributed by atoms with Gasteiger partial charge in [-0.3, -0.25) is 10.1 Å². The number of hydrogen-bond acceptors (Lipinski definition) is 4. The van der Waals surface area contributed by atoms with Gasteiger partial charge in [0.05, 0.1) is 4.92 Å². The van der Waals surface area contributed by atoms with Gasteiger partial charge in [-0.05, 0) is 18.6 Å². The fourth-order valence-corrected chi connectivity index (χ4v) is 1.45. The third kappa shape index (κ3) is 3.44. The van der Waals surface area contributed by atoms with E-state index >= 15 is 0 Å². The van der Waals surface area contributed by atoms with Crippen molar-refractivity contribution in [3.05, 3.63) is 44.8 Å². The van der Waals surface area contributed by atoms with Crippen molar-refractivity contribution in [2.24, 2.45) is 5.14 Å². The molecule has 6 nitrogen and oxygen atoms in total. The molecule has 0 aromatic heterocycles. The lowest BCUT2D eigenvalue weighted by atomic mass is 10.1. The Balaban J connectivity index is 3.14. The first-order valence-corrected chi connectivity index (χ1v) is 5.86. The molecular weight excluding hydrogens is 232 g/mol. The monoisotopic (exact) mass is 242 g/mol. The number of primary sulfonamides is 1. The maximum Gasteiger partial charge on any atom is 0.272 e. The molecule has 86 valence electrons. The van der Waals surface area contributed by atoms with E-state index in [9.17, 15) is 18.5 Å². The van der Waals surface area contributed by atoms with Crippen LogP contribution in [0.1, 0.15) is 11.1 Å². The first kappa shape index (κ1) is 12.3. The van der Waals surface area contributed by atoms with Crippen LogP contribution in [0.15, 0.2) is 23.6 Å². The average Bonchev–Trinajstić information content (AvgIpc) is 2.14. The van der Waals surface area contributed by atoms with Crippen molar-refractivity contribution in [3.63, 3.8) is 0 Å². The quantitative estimate of drug-likeness (QED) is 0.634. The smallest absolute Gasteiger partial charge is 0.258 e. The summed E-state index contributed by atoms with van der Waals surface area (Å²) < 4.78 is 21.3. The zero-order chi connectivity index (χ0) is 12.3. The molecule has 0 unspecified atom stereocenters. The summed E-state index contributed by atoms with van der Waals surface area (Å²) in [7, 11) is -3.72. The van der Waals surface area contributed by atoms with Crippen molar-refractivity contribution < 1.29 is 13.3 Å². The molecule has 7 heteroatoms. The van der Waals surface area contributed by atoms with Gasteiger partial charge in [-0.2, -0.15) is 0 Å². The van der Waals surface area contributed by atoms with Gasteiger partial charge in [-0.15, -0.1) is 0 Å². The molecule has 1 aromatic carbocycles. The number of sulfonamides is 1. The molecule has 0 aliphatic rings. The van der Waals surface area contributed by atoms with Gasteiger partial charge in [0, 0.05) is 17.0 Å². The SMILES string of the molecule is Cc1ccc(/C=C/S(N)(=O)=O)cc1[N+](=O)[O-]. The van der Waals surface area contributed by atoms with Crippen LogP contribution >= 0.6 is 0 Å². The van der Waals surface area contributed by atoms with E-state index in [0.717, 1.165) is 5.41 Å². The number of nitrogens with zero attached hydrogens (tertiary/aromatic N) is 1. The average molecular weight is 242 g/mol. The summed E-state index contributed by atoms with van der Waals surface area (Å²) in [6.07, 6.45) is 1.21. The molecular formula is C9H10N2O4S. The van der Waals surface area contributed by atoms with Crippen LogP contribution < -0.4 is 5.14 Å². The van der Waals surface area contributed by atoms with Gasteiger partial charge in [-0.25, -0.2) is 13.6 Å². The standard InChI is InChI=1S/C9H10N2O4S/c1-7-2-3-8(4-5-16(10,14)15)6-9(7)11(12)13/h2-6H,1H3,(H2,10,14,15)/b5-4+. The summed E-state index contributed by atoms with van der Waals surface area (Å²) in [4.78, 5) is 10.1. The first-order valence-electron chi connectivity index (χ1n) is 4.25. The Hall–Kier alpha value is -1.73. The molecule has 0 fully saturated rings. The van der Waals surface area contributed by atoms with Crippen LogP contribution in [0.2, 0.25) is 0 Å². The molecule has 0 saturated heterocycles. The normalized spacial score (nSPS) is 11.9. The molecule has 2 N–H and O–H groups in total. The zero-order valence-electron chi connectivity index (χ0n) is 8.45. The summed E-state index contributed by atoms with van der Waals surface area (Å²) in [5.74, 6) is 0. The number of hydrogen-bond donors (Lipinski definition) is 1. The van der Waals surface area contributed by atoms with Crippen molar-refractivity contribution >= 4 is 21.8 Å². The zero-order valence-corrected chi connectivity index (χ0v) is 9.27.